The molecule has 11 heavy (non-hydrogen) atoms. The number of imidazole rings is 1. The summed E-state index contributed by atoms with van der Waals surface area (Å²) in [5.74, 6) is 0. The number of hydrogen-bond donors (Lipinski definition) is 0. The quantitative estimate of drug-likeness (QED) is 0.531. The van der Waals surface area contributed by atoms with E-state index in [-0.39, 0.29) is 0 Å². The van der Waals surface area contributed by atoms with Crippen LogP contribution in [0.4, 0.5) is 0 Å². The first-order valence-corrected chi connectivity index (χ1v) is 4.28. The maximum Gasteiger partial charge on any atom is 0.129 e. The van der Waals surface area contributed by atoms with Crippen molar-refractivity contribution in [2.24, 2.45) is 7.05 Å². The first-order valence-electron chi connectivity index (χ1n) is 3.20. The second-order valence-corrected chi connectivity index (χ2v) is 3.35. The third-order valence-corrected chi connectivity index (χ3v) is 2.39. The van der Waals surface area contributed by atoms with Crippen molar-refractivity contribution < 1.29 is 0 Å². The zero-order valence-electron chi connectivity index (χ0n) is 5.95. The Labute approximate surface area is 77.6 Å². The lowest BCUT2D eigenvalue weighted by Gasteiger charge is -1.92. The SMILES string of the molecule is Cn1cnc2c(I)nccc21. The Morgan fingerprint density at radius 2 is 2.27 bits per heavy atom. The maximum absolute atomic E-state index is 4.21. The monoisotopic (exact) mass is 259 g/mol. The Balaban J connectivity index is 2.94. The largest absolute Gasteiger partial charge is 0.334 e. The van der Waals surface area contributed by atoms with Crippen molar-refractivity contribution >= 4 is 33.6 Å². The van der Waals surface area contributed by atoms with Gasteiger partial charge >= 0.3 is 0 Å². The van der Waals surface area contributed by atoms with E-state index >= 15 is 0 Å². The summed E-state index contributed by atoms with van der Waals surface area (Å²) >= 11 is 2.18. The normalized spacial score (nSPS) is 10.7. The molecule has 0 aliphatic rings. The molecule has 0 saturated carbocycles. The van der Waals surface area contributed by atoms with Crippen LogP contribution >= 0.6 is 22.6 Å². The topological polar surface area (TPSA) is 30.7 Å². The zero-order chi connectivity index (χ0) is 7.84. The van der Waals surface area contributed by atoms with Crippen molar-refractivity contribution in [1.29, 1.82) is 0 Å². The number of aromatic nitrogens is 3. The summed E-state index contributed by atoms with van der Waals surface area (Å²) in [6.45, 7) is 0. The Morgan fingerprint density at radius 1 is 1.45 bits per heavy atom. The smallest absolute Gasteiger partial charge is 0.129 e. The summed E-state index contributed by atoms with van der Waals surface area (Å²) in [5, 5.41) is 0. The molecular formula is C7H6IN3. The van der Waals surface area contributed by atoms with Gasteiger partial charge in [-0.25, -0.2) is 9.97 Å². The van der Waals surface area contributed by atoms with Gasteiger partial charge in [0.2, 0.25) is 0 Å². The Kier molecular flexibility index (Phi) is 1.56. The fourth-order valence-electron chi connectivity index (χ4n) is 1.03. The van der Waals surface area contributed by atoms with Crippen LogP contribution in [-0.2, 0) is 7.05 Å². The highest BCUT2D eigenvalue weighted by molar-refractivity contribution is 14.1. The minimum atomic E-state index is 0.959. The Bertz CT molecular complexity index is 393. The van der Waals surface area contributed by atoms with E-state index in [0.717, 1.165) is 14.7 Å². The third-order valence-electron chi connectivity index (χ3n) is 1.60. The van der Waals surface area contributed by atoms with Crippen LogP contribution < -0.4 is 0 Å². The lowest BCUT2D eigenvalue weighted by atomic mass is 10.4. The van der Waals surface area contributed by atoms with E-state index in [1.807, 2.05) is 17.7 Å². The second kappa shape index (κ2) is 2.44. The maximum atomic E-state index is 4.21. The average Bonchev–Trinajstić information content (AvgIpc) is 2.35. The number of aryl methyl sites for hydroxylation is 1. The van der Waals surface area contributed by atoms with Gasteiger partial charge in [-0.05, 0) is 28.7 Å². The third kappa shape index (κ3) is 1.01. The number of halogens is 1. The molecule has 0 saturated heterocycles. The highest BCUT2D eigenvalue weighted by atomic mass is 127. The molecule has 0 aromatic carbocycles. The molecule has 0 aliphatic heterocycles. The van der Waals surface area contributed by atoms with Crippen LogP contribution in [0, 0.1) is 3.70 Å². The van der Waals surface area contributed by atoms with Crippen LogP contribution in [0.25, 0.3) is 11.0 Å². The zero-order valence-corrected chi connectivity index (χ0v) is 8.11. The number of rotatable bonds is 0. The van der Waals surface area contributed by atoms with Crippen molar-refractivity contribution in [3.05, 3.63) is 22.3 Å². The molecule has 0 spiro atoms. The molecule has 0 radical (unpaired) electrons. The van der Waals surface area contributed by atoms with Crippen LogP contribution in [0.15, 0.2) is 18.6 Å². The van der Waals surface area contributed by atoms with Crippen LogP contribution in [0.1, 0.15) is 0 Å². The van der Waals surface area contributed by atoms with Gasteiger partial charge in [-0.3, -0.25) is 0 Å². The molecule has 0 bridgehead atoms. The summed E-state index contributed by atoms with van der Waals surface area (Å²) in [6.07, 6.45) is 3.60. The fraction of sp³-hybridized carbons (Fsp3) is 0.143. The molecule has 2 aromatic heterocycles. The van der Waals surface area contributed by atoms with Gasteiger partial charge in [0.15, 0.2) is 0 Å². The highest BCUT2D eigenvalue weighted by Gasteiger charge is 2.02. The first-order chi connectivity index (χ1) is 5.29. The Hall–Kier alpha value is -0.650. The molecule has 0 aliphatic carbocycles. The van der Waals surface area contributed by atoms with Gasteiger partial charge < -0.3 is 4.57 Å². The molecule has 0 N–H and O–H groups in total. The van der Waals surface area contributed by atoms with Crippen molar-refractivity contribution in [2.75, 3.05) is 0 Å². The molecule has 2 aromatic rings. The van der Waals surface area contributed by atoms with Gasteiger partial charge in [0, 0.05) is 13.2 Å². The minimum Gasteiger partial charge on any atom is -0.334 e. The van der Waals surface area contributed by atoms with Crippen LogP contribution in [0.5, 0.6) is 0 Å². The van der Waals surface area contributed by atoms with E-state index in [0.29, 0.717) is 0 Å². The average molecular weight is 259 g/mol. The fourth-order valence-corrected chi connectivity index (χ4v) is 1.61. The lowest BCUT2D eigenvalue weighted by molar-refractivity contribution is 0.947. The predicted octanol–water partition coefficient (Wildman–Crippen LogP) is 1.57. The van der Waals surface area contributed by atoms with Gasteiger partial charge in [0.1, 0.15) is 9.22 Å². The van der Waals surface area contributed by atoms with E-state index in [1.54, 1.807) is 12.5 Å². The van der Waals surface area contributed by atoms with Gasteiger partial charge in [-0.1, -0.05) is 0 Å². The number of nitrogens with zero attached hydrogens (tertiary/aromatic N) is 3. The molecule has 0 fully saturated rings. The van der Waals surface area contributed by atoms with Gasteiger partial charge in [-0.15, -0.1) is 0 Å². The Morgan fingerprint density at radius 3 is 3.00 bits per heavy atom. The summed E-state index contributed by atoms with van der Waals surface area (Å²) < 4.78 is 2.94. The van der Waals surface area contributed by atoms with Crippen molar-refractivity contribution in [3.63, 3.8) is 0 Å². The van der Waals surface area contributed by atoms with Gasteiger partial charge in [0.05, 0.1) is 11.8 Å². The van der Waals surface area contributed by atoms with E-state index in [1.165, 1.54) is 0 Å². The summed E-state index contributed by atoms with van der Waals surface area (Å²) in [6, 6.07) is 1.96. The van der Waals surface area contributed by atoms with Crippen LogP contribution in [0.3, 0.4) is 0 Å². The number of hydrogen-bond acceptors (Lipinski definition) is 2. The standard InChI is InChI=1S/C7H6IN3/c1-11-4-10-6-5(11)2-3-9-7(6)8/h2-4H,1H3. The van der Waals surface area contributed by atoms with E-state index in [2.05, 4.69) is 32.6 Å². The predicted molar refractivity (Wildman–Crippen MR) is 51.2 cm³/mol. The van der Waals surface area contributed by atoms with Crippen molar-refractivity contribution in [3.8, 4) is 0 Å². The summed E-state index contributed by atoms with van der Waals surface area (Å²) in [5.41, 5.74) is 2.11. The molecule has 4 heteroatoms. The summed E-state index contributed by atoms with van der Waals surface area (Å²) in [7, 11) is 1.98. The van der Waals surface area contributed by atoms with E-state index < -0.39 is 0 Å². The molecule has 0 unspecified atom stereocenters. The first kappa shape index (κ1) is 7.02. The number of pyridine rings is 1. The second-order valence-electron chi connectivity index (χ2n) is 2.32. The van der Waals surface area contributed by atoms with Gasteiger partial charge in [0.25, 0.3) is 0 Å². The number of fused-ring (bicyclic) bond motifs is 1. The van der Waals surface area contributed by atoms with Crippen LogP contribution in [0.2, 0.25) is 0 Å². The molecular weight excluding hydrogens is 253 g/mol. The summed E-state index contributed by atoms with van der Waals surface area (Å²) in [4.78, 5) is 8.34. The highest BCUT2D eigenvalue weighted by Crippen LogP contribution is 2.14. The van der Waals surface area contributed by atoms with Crippen molar-refractivity contribution in [1.82, 2.24) is 14.5 Å². The minimum absolute atomic E-state index is 0.959. The van der Waals surface area contributed by atoms with E-state index in [4.69, 9.17) is 0 Å². The molecule has 2 heterocycles. The van der Waals surface area contributed by atoms with E-state index in [9.17, 15) is 0 Å². The molecule has 2 rings (SSSR count). The molecule has 3 nitrogen and oxygen atoms in total. The molecule has 56 valence electrons. The molecule has 0 atom stereocenters. The lowest BCUT2D eigenvalue weighted by Crippen LogP contribution is -1.85. The molecule has 0 amide bonds. The van der Waals surface area contributed by atoms with Crippen LogP contribution in [-0.4, -0.2) is 14.5 Å². The van der Waals surface area contributed by atoms with Crippen molar-refractivity contribution in [2.45, 2.75) is 0 Å². The van der Waals surface area contributed by atoms with Gasteiger partial charge in [-0.2, -0.15) is 0 Å².